The van der Waals surface area contributed by atoms with Crippen LogP contribution in [0.3, 0.4) is 0 Å². The summed E-state index contributed by atoms with van der Waals surface area (Å²) in [4.78, 5) is 13.1. The first-order chi connectivity index (χ1) is 9.22. The summed E-state index contributed by atoms with van der Waals surface area (Å²) in [6, 6.07) is 5.64. The monoisotopic (exact) mass is 263 g/mol. The van der Waals surface area contributed by atoms with Crippen molar-refractivity contribution in [2.45, 2.75) is 12.5 Å². The van der Waals surface area contributed by atoms with E-state index in [2.05, 4.69) is 10.2 Å². The average Bonchev–Trinajstić information content (AvgIpc) is 2.99. The van der Waals surface area contributed by atoms with Crippen LogP contribution in [0.2, 0.25) is 0 Å². The number of nitro benzene ring substituents is 1. The van der Waals surface area contributed by atoms with E-state index in [0.29, 0.717) is 23.4 Å². The van der Waals surface area contributed by atoms with E-state index in [9.17, 15) is 10.1 Å². The molecule has 19 heavy (non-hydrogen) atoms. The standard InChI is InChI=1S/C13H17N3O3/c1-19-12-4-2-3-10(13(12)16(17)18)15-6-5-9-7-14-8-11(9)15/h2-4,9,11,14H,5-8H2,1H3/t9-,11+/m0/s1. The fourth-order valence-corrected chi connectivity index (χ4v) is 3.24. The molecular weight excluding hydrogens is 246 g/mol. The summed E-state index contributed by atoms with van der Waals surface area (Å²) in [5.74, 6) is 0.933. The first-order valence-electron chi connectivity index (χ1n) is 6.51. The molecule has 1 aromatic rings. The molecule has 0 aliphatic carbocycles. The Hall–Kier alpha value is -1.82. The van der Waals surface area contributed by atoms with Gasteiger partial charge in [0.15, 0.2) is 5.75 Å². The van der Waals surface area contributed by atoms with Crippen LogP contribution in [-0.2, 0) is 0 Å². The zero-order valence-electron chi connectivity index (χ0n) is 10.8. The predicted octanol–water partition coefficient (Wildman–Crippen LogP) is 1.40. The molecule has 3 rings (SSSR count). The number of nitrogens with one attached hydrogen (secondary N) is 1. The maximum Gasteiger partial charge on any atom is 0.333 e. The highest BCUT2D eigenvalue weighted by Gasteiger charge is 2.40. The van der Waals surface area contributed by atoms with E-state index in [1.165, 1.54) is 7.11 Å². The molecule has 1 aromatic carbocycles. The number of nitro groups is 1. The lowest BCUT2D eigenvalue weighted by molar-refractivity contribution is -0.385. The number of hydrogen-bond donors (Lipinski definition) is 1. The molecule has 0 bridgehead atoms. The van der Waals surface area contributed by atoms with Crippen molar-refractivity contribution in [3.8, 4) is 5.75 Å². The van der Waals surface area contributed by atoms with Crippen LogP contribution in [0.5, 0.6) is 5.75 Å². The van der Waals surface area contributed by atoms with Gasteiger partial charge in [-0.3, -0.25) is 10.1 Å². The van der Waals surface area contributed by atoms with Crippen molar-refractivity contribution in [2.75, 3.05) is 31.6 Å². The normalized spacial score (nSPS) is 25.4. The molecule has 2 aliphatic heterocycles. The number of fused-ring (bicyclic) bond motifs is 1. The Kier molecular flexibility index (Phi) is 3.02. The molecule has 2 aliphatic rings. The minimum Gasteiger partial charge on any atom is -0.490 e. The molecule has 1 N–H and O–H groups in total. The Morgan fingerprint density at radius 1 is 1.47 bits per heavy atom. The third-order valence-corrected chi connectivity index (χ3v) is 4.13. The van der Waals surface area contributed by atoms with E-state index in [1.807, 2.05) is 12.1 Å². The van der Waals surface area contributed by atoms with Gasteiger partial charge in [-0.05, 0) is 24.5 Å². The Morgan fingerprint density at radius 2 is 2.32 bits per heavy atom. The Labute approximate surface area is 111 Å². The predicted molar refractivity (Wildman–Crippen MR) is 71.8 cm³/mol. The Bertz CT molecular complexity index is 506. The van der Waals surface area contributed by atoms with Gasteiger partial charge in [0, 0.05) is 25.7 Å². The van der Waals surface area contributed by atoms with Gasteiger partial charge in [0.1, 0.15) is 5.69 Å². The van der Waals surface area contributed by atoms with Crippen molar-refractivity contribution in [3.05, 3.63) is 28.3 Å². The van der Waals surface area contributed by atoms with E-state index in [4.69, 9.17) is 4.74 Å². The number of methoxy groups -OCH3 is 1. The van der Waals surface area contributed by atoms with Crippen LogP contribution in [0.1, 0.15) is 6.42 Å². The second-order valence-corrected chi connectivity index (χ2v) is 5.05. The van der Waals surface area contributed by atoms with E-state index in [-0.39, 0.29) is 10.6 Å². The molecule has 0 aromatic heterocycles. The van der Waals surface area contributed by atoms with Gasteiger partial charge in [0.25, 0.3) is 0 Å². The topological polar surface area (TPSA) is 67.6 Å². The van der Waals surface area contributed by atoms with Crippen LogP contribution in [-0.4, -0.2) is 37.7 Å². The number of ether oxygens (including phenoxy) is 1. The largest absolute Gasteiger partial charge is 0.490 e. The second kappa shape index (κ2) is 4.70. The number of hydrogen-bond acceptors (Lipinski definition) is 5. The zero-order valence-corrected chi connectivity index (χ0v) is 10.8. The van der Waals surface area contributed by atoms with Crippen LogP contribution in [0.4, 0.5) is 11.4 Å². The Morgan fingerprint density at radius 3 is 3.05 bits per heavy atom. The van der Waals surface area contributed by atoms with Gasteiger partial charge in [-0.1, -0.05) is 6.07 Å². The molecule has 0 amide bonds. The molecule has 0 saturated carbocycles. The van der Waals surface area contributed by atoms with E-state index in [0.717, 1.165) is 26.1 Å². The van der Waals surface area contributed by atoms with Gasteiger partial charge < -0.3 is 15.0 Å². The van der Waals surface area contributed by atoms with Gasteiger partial charge >= 0.3 is 5.69 Å². The summed E-state index contributed by atoms with van der Waals surface area (Å²) < 4.78 is 5.13. The molecule has 2 atom stereocenters. The first kappa shape index (κ1) is 12.2. The zero-order chi connectivity index (χ0) is 13.4. The van der Waals surface area contributed by atoms with Gasteiger partial charge in [0.05, 0.1) is 12.0 Å². The molecule has 0 radical (unpaired) electrons. The maximum atomic E-state index is 11.3. The summed E-state index contributed by atoms with van der Waals surface area (Å²) in [5, 5.41) is 14.7. The van der Waals surface area contributed by atoms with E-state index >= 15 is 0 Å². The number of nitrogens with zero attached hydrogens (tertiary/aromatic N) is 2. The second-order valence-electron chi connectivity index (χ2n) is 5.05. The fourth-order valence-electron chi connectivity index (χ4n) is 3.24. The van der Waals surface area contributed by atoms with Crippen LogP contribution in [0, 0.1) is 16.0 Å². The first-order valence-corrected chi connectivity index (χ1v) is 6.51. The lowest BCUT2D eigenvalue weighted by Crippen LogP contribution is -2.34. The number of anilines is 1. The third kappa shape index (κ3) is 1.92. The van der Waals surface area contributed by atoms with Crippen molar-refractivity contribution in [1.82, 2.24) is 5.32 Å². The molecule has 6 heteroatoms. The van der Waals surface area contributed by atoms with Crippen LogP contribution in [0.25, 0.3) is 0 Å². The number of rotatable bonds is 3. The van der Waals surface area contributed by atoms with Crippen molar-refractivity contribution in [1.29, 1.82) is 0 Å². The molecule has 102 valence electrons. The van der Waals surface area contributed by atoms with Crippen LogP contribution >= 0.6 is 0 Å². The van der Waals surface area contributed by atoms with Gasteiger partial charge in [-0.15, -0.1) is 0 Å². The van der Waals surface area contributed by atoms with Crippen molar-refractivity contribution < 1.29 is 9.66 Å². The minimum atomic E-state index is -0.343. The summed E-state index contributed by atoms with van der Waals surface area (Å²) in [5.41, 5.74) is 0.762. The highest BCUT2D eigenvalue weighted by Crippen LogP contribution is 2.41. The van der Waals surface area contributed by atoms with Gasteiger partial charge in [-0.25, -0.2) is 0 Å². The molecule has 2 saturated heterocycles. The van der Waals surface area contributed by atoms with Gasteiger partial charge in [0.2, 0.25) is 0 Å². The van der Waals surface area contributed by atoms with Crippen molar-refractivity contribution in [3.63, 3.8) is 0 Å². The molecule has 0 unspecified atom stereocenters. The van der Waals surface area contributed by atoms with Crippen LogP contribution in [0.15, 0.2) is 18.2 Å². The lowest BCUT2D eigenvalue weighted by Gasteiger charge is -2.25. The highest BCUT2D eigenvalue weighted by molar-refractivity contribution is 5.70. The number of para-hydroxylation sites is 1. The van der Waals surface area contributed by atoms with Crippen molar-refractivity contribution >= 4 is 11.4 Å². The third-order valence-electron chi connectivity index (χ3n) is 4.13. The number of benzene rings is 1. The molecule has 2 heterocycles. The van der Waals surface area contributed by atoms with E-state index in [1.54, 1.807) is 6.07 Å². The van der Waals surface area contributed by atoms with Crippen LogP contribution < -0.4 is 15.0 Å². The minimum absolute atomic E-state index is 0.0811. The summed E-state index contributed by atoms with van der Waals surface area (Å²) in [7, 11) is 1.47. The molecule has 6 nitrogen and oxygen atoms in total. The SMILES string of the molecule is COc1cccc(N2CC[C@H]3CNC[C@H]32)c1[N+](=O)[O-]. The fraction of sp³-hybridized carbons (Fsp3) is 0.538. The molecule has 2 fully saturated rings. The summed E-state index contributed by atoms with van der Waals surface area (Å²) >= 11 is 0. The Balaban J connectivity index is 2.02. The van der Waals surface area contributed by atoms with E-state index < -0.39 is 0 Å². The summed E-state index contributed by atoms with van der Waals surface area (Å²) in [6.45, 7) is 2.79. The maximum absolute atomic E-state index is 11.3. The summed E-state index contributed by atoms with van der Waals surface area (Å²) in [6.07, 6.45) is 1.09. The highest BCUT2D eigenvalue weighted by atomic mass is 16.6. The van der Waals surface area contributed by atoms with Gasteiger partial charge in [-0.2, -0.15) is 0 Å². The average molecular weight is 263 g/mol. The molecular formula is C13H17N3O3. The smallest absolute Gasteiger partial charge is 0.333 e. The lowest BCUT2D eigenvalue weighted by atomic mass is 10.0. The quantitative estimate of drug-likeness (QED) is 0.659. The molecule has 0 spiro atoms. The van der Waals surface area contributed by atoms with Crippen molar-refractivity contribution in [2.24, 2.45) is 5.92 Å².